The van der Waals surface area contributed by atoms with Crippen molar-refractivity contribution in [3.8, 4) is 11.3 Å². The quantitative estimate of drug-likeness (QED) is 0.390. The molecule has 4 aromatic rings. The van der Waals surface area contributed by atoms with Gasteiger partial charge in [0, 0.05) is 35.7 Å². The van der Waals surface area contributed by atoms with Gasteiger partial charge in [0.2, 0.25) is 5.91 Å². The summed E-state index contributed by atoms with van der Waals surface area (Å²) in [6.45, 7) is 0.338. The summed E-state index contributed by atoms with van der Waals surface area (Å²) in [4.78, 5) is 28.6. The molecule has 8 heteroatoms. The fraction of sp³-hybridized carbons (Fsp3) is 0.125. The van der Waals surface area contributed by atoms with Crippen LogP contribution in [-0.2, 0) is 17.8 Å². The van der Waals surface area contributed by atoms with Gasteiger partial charge in [-0.25, -0.2) is 4.98 Å². The van der Waals surface area contributed by atoms with Crippen molar-refractivity contribution in [2.75, 3.05) is 5.32 Å². The molecule has 4 rings (SSSR count). The molecule has 0 bridgehead atoms. The molecule has 32 heavy (non-hydrogen) atoms. The van der Waals surface area contributed by atoms with Crippen molar-refractivity contribution in [1.82, 2.24) is 10.3 Å². The summed E-state index contributed by atoms with van der Waals surface area (Å²) in [6.07, 6.45) is 3.71. The predicted octanol–water partition coefficient (Wildman–Crippen LogP) is 5.09. The molecule has 0 fully saturated rings. The molecule has 2 aromatic carbocycles. The van der Waals surface area contributed by atoms with E-state index >= 15 is 0 Å². The predicted molar refractivity (Wildman–Crippen MR) is 120 cm³/mol. The summed E-state index contributed by atoms with van der Waals surface area (Å²) in [5.74, 6) is 0.897. The average Bonchev–Trinajstić information content (AvgIpc) is 3.50. The highest BCUT2D eigenvalue weighted by Crippen LogP contribution is 2.22. The molecule has 0 atom stereocenters. The van der Waals surface area contributed by atoms with Gasteiger partial charge in [0.25, 0.3) is 5.91 Å². The van der Waals surface area contributed by atoms with E-state index in [0.29, 0.717) is 35.3 Å². The van der Waals surface area contributed by atoms with E-state index in [0.717, 1.165) is 11.1 Å². The first-order valence-corrected chi connectivity index (χ1v) is 10.4. The van der Waals surface area contributed by atoms with Gasteiger partial charge in [-0.05, 0) is 54.1 Å². The van der Waals surface area contributed by atoms with E-state index < -0.39 is 0 Å². The molecule has 2 amide bonds. The number of amides is 2. The minimum Gasteiger partial charge on any atom is -0.459 e. The molecule has 7 nitrogen and oxygen atoms in total. The van der Waals surface area contributed by atoms with Crippen molar-refractivity contribution in [3.63, 3.8) is 0 Å². The fourth-order valence-electron chi connectivity index (χ4n) is 3.04. The van der Waals surface area contributed by atoms with Gasteiger partial charge in [-0.15, -0.1) is 0 Å². The molecular weight excluding hydrogens is 430 g/mol. The van der Waals surface area contributed by atoms with Crippen molar-refractivity contribution in [2.45, 2.75) is 19.4 Å². The molecule has 0 saturated carbocycles. The Morgan fingerprint density at radius 3 is 2.66 bits per heavy atom. The zero-order valence-corrected chi connectivity index (χ0v) is 17.8. The number of rotatable bonds is 8. The van der Waals surface area contributed by atoms with Crippen LogP contribution >= 0.6 is 11.6 Å². The van der Waals surface area contributed by atoms with Crippen molar-refractivity contribution < 1.29 is 18.4 Å². The Bertz CT molecular complexity index is 1200. The molecule has 0 spiro atoms. The second-order valence-corrected chi connectivity index (χ2v) is 7.47. The highest BCUT2D eigenvalue weighted by Gasteiger charge is 2.11. The third-order valence-electron chi connectivity index (χ3n) is 4.67. The van der Waals surface area contributed by atoms with Gasteiger partial charge in [0.15, 0.2) is 17.4 Å². The van der Waals surface area contributed by atoms with Crippen LogP contribution in [0.5, 0.6) is 0 Å². The van der Waals surface area contributed by atoms with Gasteiger partial charge in [0.1, 0.15) is 0 Å². The van der Waals surface area contributed by atoms with E-state index in [1.807, 2.05) is 24.3 Å². The maximum absolute atomic E-state index is 12.2. The van der Waals surface area contributed by atoms with Crippen molar-refractivity contribution >= 4 is 29.1 Å². The zero-order valence-electron chi connectivity index (χ0n) is 17.0. The number of oxazole rings is 1. The molecule has 0 radical (unpaired) electrons. The van der Waals surface area contributed by atoms with Crippen LogP contribution in [0.3, 0.4) is 0 Å². The molecule has 0 unspecified atom stereocenters. The molecule has 2 aromatic heterocycles. The first kappa shape index (κ1) is 21.4. The molecule has 2 heterocycles. The Kier molecular flexibility index (Phi) is 6.67. The standard InChI is InChI=1S/C24H20ClN3O4/c25-18-8-6-17(7-9-18)21-15-27-23(32-21)11-10-22(29)26-14-16-3-1-4-19(13-16)28-24(30)20-5-2-12-31-20/h1-9,12-13,15H,10-11,14H2,(H,26,29)(H,28,30). The SMILES string of the molecule is O=C(CCc1ncc(-c2ccc(Cl)cc2)o1)NCc1cccc(NC(=O)c2ccco2)c1. The smallest absolute Gasteiger partial charge is 0.291 e. The number of aromatic nitrogens is 1. The Morgan fingerprint density at radius 2 is 1.88 bits per heavy atom. The number of furan rings is 1. The number of hydrogen-bond donors (Lipinski definition) is 2. The zero-order chi connectivity index (χ0) is 22.3. The number of anilines is 1. The molecular formula is C24H20ClN3O4. The average molecular weight is 450 g/mol. The van der Waals surface area contributed by atoms with Gasteiger partial charge in [-0.1, -0.05) is 23.7 Å². The monoisotopic (exact) mass is 449 g/mol. The van der Waals surface area contributed by atoms with Crippen LogP contribution in [0.2, 0.25) is 5.02 Å². The van der Waals surface area contributed by atoms with Gasteiger partial charge in [0.05, 0.1) is 12.5 Å². The number of carbonyl (C=O) groups is 2. The largest absolute Gasteiger partial charge is 0.459 e. The molecule has 2 N–H and O–H groups in total. The number of hydrogen-bond acceptors (Lipinski definition) is 5. The van der Waals surface area contributed by atoms with Crippen molar-refractivity contribution in [2.24, 2.45) is 0 Å². The van der Waals surface area contributed by atoms with Gasteiger partial charge >= 0.3 is 0 Å². The Balaban J connectivity index is 1.25. The second-order valence-electron chi connectivity index (χ2n) is 7.03. The number of aryl methyl sites for hydroxylation is 1. The van der Waals surface area contributed by atoms with E-state index in [9.17, 15) is 9.59 Å². The lowest BCUT2D eigenvalue weighted by Crippen LogP contribution is -2.23. The van der Waals surface area contributed by atoms with Crippen molar-refractivity contribution in [1.29, 1.82) is 0 Å². The summed E-state index contributed by atoms with van der Waals surface area (Å²) in [6, 6.07) is 17.8. The van der Waals surface area contributed by atoms with E-state index in [1.165, 1.54) is 6.26 Å². The number of benzene rings is 2. The van der Waals surface area contributed by atoms with E-state index in [-0.39, 0.29) is 24.0 Å². The first-order valence-electron chi connectivity index (χ1n) is 9.98. The third-order valence-corrected chi connectivity index (χ3v) is 4.92. The highest BCUT2D eigenvalue weighted by molar-refractivity contribution is 6.30. The Morgan fingerprint density at radius 1 is 1.03 bits per heavy atom. The fourth-order valence-corrected chi connectivity index (χ4v) is 3.17. The summed E-state index contributed by atoms with van der Waals surface area (Å²) < 4.78 is 10.8. The Labute approximate surface area is 189 Å². The molecule has 0 aliphatic carbocycles. The Hall–Kier alpha value is -3.84. The van der Waals surface area contributed by atoms with Gasteiger partial charge in [-0.3, -0.25) is 9.59 Å². The van der Waals surface area contributed by atoms with Crippen LogP contribution in [0.25, 0.3) is 11.3 Å². The normalized spacial score (nSPS) is 10.7. The lowest BCUT2D eigenvalue weighted by molar-refractivity contribution is -0.121. The lowest BCUT2D eigenvalue weighted by Gasteiger charge is -2.08. The van der Waals surface area contributed by atoms with Crippen molar-refractivity contribution in [3.05, 3.63) is 95.4 Å². The van der Waals surface area contributed by atoms with E-state index in [4.69, 9.17) is 20.4 Å². The van der Waals surface area contributed by atoms with Crippen LogP contribution in [-0.4, -0.2) is 16.8 Å². The van der Waals surface area contributed by atoms with E-state index in [1.54, 1.807) is 42.6 Å². The minimum absolute atomic E-state index is 0.124. The van der Waals surface area contributed by atoms with Gasteiger partial charge in [-0.2, -0.15) is 0 Å². The molecule has 0 aliphatic rings. The third kappa shape index (κ3) is 5.65. The number of nitrogens with zero attached hydrogens (tertiary/aromatic N) is 1. The topological polar surface area (TPSA) is 97.4 Å². The molecule has 0 aliphatic heterocycles. The summed E-state index contributed by atoms with van der Waals surface area (Å²) >= 11 is 5.90. The minimum atomic E-state index is -0.333. The van der Waals surface area contributed by atoms with Crippen LogP contribution in [0.15, 0.2) is 82.0 Å². The maximum atomic E-state index is 12.2. The second kappa shape index (κ2) is 9.98. The summed E-state index contributed by atoms with van der Waals surface area (Å²) in [7, 11) is 0. The maximum Gasteiger partial charge on any atom is 0.291 e. The number of halogens is 1. The molecule has 0 saturated heterocycles. The first-order chi connectivity index (χ1) is 15.6. The summed E-state index contributed by atoms with van der Waals surface area (Å²) in [5, 5.41) is 6.28. The number of carbonyl (C=O) groups excluding carboxylic acids is 2. The van der Waals surface area contributed by atoms with Crippen LogP contribution in [0.4, 0.5) is 5.69 Å². The highest BCUT2D eigenvalue weighted by atomic mass is 35.5. The van der Waals surface area contributed by atoms with Gasteiger partial charge < -0.3 is 19.5 Å². The van der Waals surface area contributed by atoms with E-state index in [2.05, 4.69) is 15.6 Å². The summed E-state index contributed by atoms with van der Waals surface area (Å²) in [5.41, 5.74) is 2.35. The van der Waals surface area contributed by atoms with Crippen LogP contribution in [0.1, 0.15) is 28.4 Å². The van der Waals surface area contributed by atoms with Crippen LogP contribution < -0.4 is 10.6 Å². The van der Waals surface area contributed by atoms with Crippen LogP contribution in [0, 0.1) is 0 Å². The number of nitrogens with one attached hydrogen (secondary N) is 2. The lowest BCUT2D eigenvalue weighted by atomic mass is 10.2. The molecule has 162 valence electrons.